The lowest BCUT2D eigenvalue weighted by atomic mass is 10.1. The predicted molar refractivity (Wildman–Crippen MR) is 52.5 cm³/mol. The fourth-order valence-electron chi connectivity index (χ4n) is 1.36. The fourth-order valence-corrected chi connectivity index (χ4v) is 1.36. The van der Waals surface area contributed by atoms with Crippen LogP contribution in [0.15, 0.2) is 36.7 Å². The number of carboxylic acid groups (broad SMARTS) is 1. The molecule has 1 aromatic carbocycles. The Kier molecular flexibility index (Phi) is 2.45. The predicted octanol–water partition coefficient (Wildman–Crippen LogP) is 1.02. The summed E-state index contributed by atoms with van der Waals surface area (Å²) in [5, 5.41) is 16.4. The van der Waals surface area contributed by atoms with Crippen molar-refractivity contribution >= 4 is 5.97 Å². The minimum Gasteiger partial charge on any atom is -0.478 e. The monoisotopic (exact) mass is 203 g/mol. The van der Waals surface area contributed by atoms with Crippen LogP contribution < -0.4 is 0 Å². The number of nitrogens with zero attached hydrogens (tertiary/aromatic N) is 3. The van der Waals surface area contributed by atoms with E-state index in [2.05, 4.69) is 10.3 Å². The third-order valence-electron chi connectivity index (χ3n) is 2.05. The van der Waals surface area contributed by atoms with Crippen LogP contribution in [0.4, 0.5) is 0 Å². The van der Waals surface area contributed by atoms with Gasteiger partial charge in [0.05, 0.1) is 18.3 Å². The highest BCUT2D eigenvalue weighted by atomic mass is 16.4. The van der Waals surface area contributed by atoms with E-state index in [1.54, 1.807) is 41.3 Å². The molecule has 0 aliphatic rings. The molecule has 0 aliphatic carbocycles. The maximum Gasteiger partial charge on any atom is 0.336 e. The van der Waals surface area contributed by atoms with Gasteiger partial charge in [0.1, 0.15) is 0 Å². The summed E-state index contributed by atoms with van der Waals surface area (Å²) < 4.78 is 1.59. The molecule has 0 saturated heterocycles. The molecule has 0 radical (unpaired) electrons. The molecule has 0 saturated carbocycles. The van der Waals surface area contributed by atoms with Crippen molar-refractivity contribution in [2.45, 2.75) is 6.54 Å². The summed E-state index contributed by atoms with van der Waals surface area (Å²) in [4.78, 5) is 10.9. The van der Waals surface area contributed by atoms with Gasteiger partial charge in [0.2, 0.25) is 0 Å². The quantitative estimate of drug-likeness (QED) is 0.808. The minimum absolute atomic E-state index is 0.299. The lowest BCUT2D eigenvalue weighted by Crippen LogP contribution is -2.07. The summed E-state index contributed by atoms with van der Waals surface area (Å²) in [6.45, 7) is 0.419. The highest BCUT2D eigenvalue weighted by Gasteiger charge is 2.08. The number of hydrogen-bond donors (Lipinski definition) is 1. The Morgan fingerprint density at radius 3 is 2.87 bits per heavy atom. The van der Waals surface area contributed by atoms with Crippen LogP contribution in [0.2, 0.25) is 0 Å². The Morgan fingerprint density at radius 1 is 1.40 bits per heavy atom. The van der Waals surface area contributed by atoms with Gasteiger partial charge in [0.25, 0.3) is 0 Å². The Labute approximate surface area is 86.0 Å². The van der Waals surface area contributed by atoms with Crippen molar-refractivity contribution in [3.63, 3.8) is 0 Å². The van der Waals surface area contributed by atoms with Crippen LogP contribution in [0, 0.1) is 0 Å². The number of carbonyl (C=O) groups is 1. The molecule has 0 amide bonds. The summed E-state index contributed by atoms with van der Waals surface area (Å²) in [6.07, 6.45) is 3.25. The van der Waals surface area contributed by atoms with E-state index in [0.717, 1.165) is 5.56 Å². The van der Waals surface area contributed by atoms with Gasteiger partial charge < -0.3 is 5.11 Å². The van der Waals surface area contributed by atoms with Gasteiger partial charge in [-0.1, -0.05) is 23.4 Å². The second-order valence-electron chi connectivity index (χ2n) is 3.06. The minimum atomic E-state index is -0.925. The lowest BCUT2D eigenvalue weighted by Gasteiger charge is -2.04. The molecular formula is C10H9N3O2. The first-order chi connectivity index (χ1) is 7.27. The van der Waals surface area contributed by atoms with Gasteiger partial charge in [-0.15, -0.1) is 5.10 Å². The molecule has 76 valence electrons. The first-order valence-electron chi connectivity index (χ1n) is 4.42. The highest BCUT2D eigenvalue weighted by Crippen LogP contribution is 2.09. The molecule has 1 N–H and O–H groups in total. The first kappa shape index (κ1) is 9.39. The molecule has 1 aromatic heterocycles. The lowest BCUT2D eigenvalue weighted by molar-refractivity contribution is 0.0695. The first-order valence-corrected chi connectivity index (χ1v) is 4.42. The Balaban J connectivity index is 2.32. The van der Waals surface area contributed by atoms with Crippen molar-refractivity contribution in [1.29, 1.82) is 0 Å². The highest BCUT2D eigenvalue weighted by molar-refractivity contribution is 5.89. The summed E-state index contributed by atoms with van der Waals surface area (Å²) in [6, 6.07) is 6.85. The van der Waals surface area contributed by atoms with E-state index in [0.29, 0.717) is 12.1 Å². The van der Waals surface area contributed by atoms with Crippen LogP contribution in [-0.4, -0.2) is 26.1 Å². The van der Waals surface area contributed by atoms with E-state index < -0.39 is 5.97 Å². The van der Waals surface area contributed by atoms with Crippen LogP contribution >= 0.6 is 0 Å². The van der Waals surface area contributed by atoms with Crippen LogP contribution in [-0.2, 0) is 6.54 Å². The molecule has 15 heavy (non-hydrogen) atoms. The molecule has 0 atom stereocenters. The van der Waals surface area contributed by atoms with Gasteiger partial charge in [-0.2, -0.15) is 0 Å². The molecule has 1 heterocycles. The average molecular weight is 203 g/mol. The second-order valence-corrected chi connectivity index (χ2v) is 3.06. The van der Waals surface area contributed by atoms with E-state index >= 15 is 0 Å². The second kappa shape index (κ2) is 3.91. The zero-order valence-corrected chi connectivity index (χ0v) is 7.87. The van der Waals surface area contributed by atoms with Gasteiger partial charge in [0.15, 0.2) is 0 Å². The Bertz CT molecular complexity index is 465. The van der Waals surface area contributed by atoms with E-state index in [1.165, 1.54) is 0 Å². The topological polar surface area (TPSA) is 68.0 Å². The molecule has 5 nitrogen and oxygen atoms in total. The number of rotatable bonds is 3. The largest absolute Gasteiger partial charge is 0.478 e. The zero-order chi connectivity index (χ0) is 10.7. The molecule has 0 fully saturated rings. The maximum absolute atomic E-state index is 10.9. The van der Waals surface area contributed by atoms with E-state index in [9.17, 15) is 4.79 Å². The molecule has 2 rings (SSSR count). The van der Waals surface area contributed by atoms with Crippen molar-refractivity contribution < 1.29 is 9.90 Å². The van der Waals surface area contributed by atoms with Crippen molar-refractivity contribution in [2.24, 2.45) is 0 Å². The number of aromatic carboxylic acids is 1. The molecular weight excluding hydrogens is 194 g/mol. The normalized spacial score (nSPS) is 10.1. The van der Waals surface area contributed by atoms with Crippen LogP contribution in [0.5, 0.6) is 0 Å². The van der Waals surface area contributed by atoms with Crippen LogP contribution in [0.1, 0.15) is 15.9 Å². The zero-order valence-electron chi connectivity index (χ0n) is 7.87. The number of carboxylic acids is 1. The smallest absolute Gasteiger partial charge is 0.336 e. The number of hydrogen-bond acceptors (Lipinski definition) is 3. The maximum atomic E-state index is 10.9. The van der Waals surface area contributed by atoms with Crippen molar-refractivity contribution in [3.8, 4) is 0 Å². The van der Waals surface area contributed by atoms with Gasteiger partial charge in [-0.05, 0) is 11.6 Å². The SMILES string of the molecule is O=C(O)c1ccccc1Cn1ccnn1. The van der Waals surface area contributed by atoms with Crippen molar-refractivity contribution in [1.82, 2.24) is 15.0 Å². The Morgan fingerprint density at radius 2 is 2.20 bits per heavy atom. The summed E-state index contributed by atoms with van der Waals surface area (Å²) in [7, 11) is 0. The molecule has 0 aliphatic heterocycles. The van der Waals surface area contributed by atoms with Crippen LogP contribution in [0.25, 0.3) is 0 Å². The molecule has 5 heteroatoms. The summed E-state index contributed by atoms with van der Waals surface area (Å²) in [5.74, 6) is -0.925. The van der Waals surface area contributed by atoms with Crippen LogP contribution in [0.3, 0.4) is 0 Å². The standard InChI is InChI=1S/C10H9N3O2/c14-10(15)9-4-2-1-3-8(9)7-13-6-5-11-12-13/h1-6H,7H2,(H,14,15). The summed E-state index contributed by atoms with van der Waals surface area (Å²) >= 11 is 0. The number of aromatic nitrogens is 3. The van der Waals surface area contributed by atoms with E-state index in [1.807, 2.05) is 0 Å². The van der Waals surface area contributed by atoms with Crippen molar-refractivity contribution in [3.05, 3.63) is 47.8 Å². The van der Waals surface area contributed by atoms with Crippen molar-refractivity contribution in [2.75, 3.05) is 0 Å². The molecule has 2 aromatic rings. The van der Waals surface area contributed by atoms with Gasteiger partial charge in [0, 0.05) is 6.20 Å². The molecule has 0 bridgehead atoms. The van der Waals surface area contributed by atoms with Gasteiger partial charge in [-0.3, -0.25) is 0 Å². The van der Waals surface area contributed by atoms with E-state index in [-0.39, 0.29) is 0 Å². The third-order valence-corrected chi connectivity index (χ3v) is 2.05. The molecule has 0 spiro atoms. The molecule has 0 unspecified atom stereocenters. The number of benzene rings is 1. The Hall–Kier alpha value is -2.17. The summed E-state index contributed by atoms with van der Waals surface area (Å²) in [5.41, 5.74) is 1.02. The third kappa shape index (κ3) is 2.01. The van der Waals surface area contributed by atoms with E-state index in [4.69, 9.17) is 5.11 Å². The van der Waals surface area contributed by atoms with Gasteiger partial charge in [-0.25, -0.2) is 9.48 Å². The fraction of sp³-hybridized carbons (Fsp3) is 0.100. The van der Waals surface area contributed by atoms with Gasteiger partial charge >= 0.3 is 5.97 Å². The average Bonchev–Trinajstić information content (AvgIpc) is 2.71.